The second-order valence-electron chi connectivity index (χ2n) is 3.79. The maximum atomic E-state index is 12.2. The van der Waals surface area contributed by atoms with Crippen LogP contribution in [0.5, 0.6) is 5.75 Å². The summed E-state index contributed by atoms with van der Waals surface area (Å²) in [4.78, 5) is 0. The van der Waals surface area contributed by atoms with Gasteiger partial charge in [-0.3, -0.25) is 0 Å². The summed E-state index contributed by atoms with van der Waals surface area (Å²) in [6, 6.07) is 6.87. The summed E-state index contributed by atoms with van der Waals surface area (Å²) in [5.74, 6) is 0.174. The van der Waals surface area contributed by atoms with E-state index in [1.54, 1.807) is 18.2 Å². The Morgan fingerprint density at radius 1 is 1.41 bits per heavy atom. The topological polar surface area (TPSA) is 21.3 Å². The Hall–Kier alpha value is -1.58. The predicted octanol–water partition coefficient (Wildman–Crippen LogP) is 4.05. The first-order valence-corrected chi connectivity index (χ1v) is 5.54. The number of halogens is 2. The van der Waals surface area contributed by atoms with Crippen LogP contribution in [0.15, 0.2) is 36.9 Å². The molecule has 0 aliphatic heterocycles. The highest BCUT2D eigenvalue weighted by atomic mass is 19.3. The molecule has 0 bridgehead atoms. The van der Waals surface area contributed by atoms with E-state index >= 15 is 0 Å². The fraction of sp³-hybridized carbons (Fsp3) is 0.385. The summed E-state index contributed by atoms with van der Waals surface area (Å²) < 4.78 is 28.8. The van der Waals surface area contributed by atoms with E-state index < -0.39 is 6.61 Å². The summed E-state index contributed by atoms with van der Waals surface area (Å²) in [7, 11) is 0. The molecule has 1 unspecified atom stereocenters. The SMILES string of the molecule is C=CCCC(C)Nc1ccccc1OC(F)F. The van der Waals surface area contributed by atoms with Crippen LogP contribution < -0.4 is 10.1 Å². The fourth-order valence-corrected chi connectivity index (χ4v) is 1.49. The Balaban J connectivity index is 2.65. The highest BCUT2D eigenvalue weighted by molar-refractivity contribution is 5.56. The molecule has 0 saturated carbocycles. The molecule has 0 radical (unpaired) electrons. The van der Waals surface area contributed by atoms with Gasteiger partial charge >= 0.3 is 6.61 Å². The standard InChI is InChI=1S/C13H17F2NO/c1-3-4-7-10(2)16-11-8-5-6-9-12(11)17-13(14)15/h3,5-6,8-10,13,16H,1,4,7H2,2H3. The number of nitrogens with one attached hydrogen (secondary N) is 1. The Bertz CT molecular complexity index is 355. The predicted molar refractivity (Wildman–Crippen MR) is 65.6 cm³/mol. The third kappa shape index (κ3) is 4.85. The molecule has 0 aromatic heterocycles. The highest BCUT2D eigenvalue weighted by Gasteiger charge is 2.10. The van der Waals surface area contributed by atoms with Crippen molar-refractivity contribution in [2.75, 3.05) is 5.32 Å². The lowest BCUT2D eigenvalue weighted by molar-refractivity contribution is -0.0493. The molecular weight excluding hydrogens is 224 g/mol. The van der Waals surface area contributed by atoms with Crippen LogP contribution in [0.2, 0.25) is 0 Å². The minimum Gasteiger partial charge on any atom is -0.433 e. The van der Waals surface area contributed by atoms with Crippen molar-refractivity contribution in [3.05, 3.63) is 36.9 Å². The average molecular weight is 241 g/mol. The molecule has 1 aromatic carbocycles. The first-order valence-electron chi connectivity index (χ1n) is 5.54. The molecule has 0 amide bonds. The van der Waals surface area contributed by atoms with Crippen molar-refractivity contribution in [1.29, 1.82) is 0 Å². The lowest BCUT2D eigenvalue weighted by Crippen LogP contribution is -2.16. The Kier molecular flexibility index (Phi) is 5.46. The third-order valence-corrected chi connectivity index (χ3v) is 2.31. The summed E-state index contributed by atoms with van der Waals surface area (Å²) in [6.07, 6.45) is 3.61. The average Bonchev–Trinajstić information content (AvgIpc) is 2.28. The van der Waals surface area contributed by atoms with Gasteiger partial charge in [-0.2, -0.15) is 8.78 Å². The van der Waals surface area contributed by atoms with Gasteiger partial charge in [-0.05, 0) is 31.9 Å². The quantitative estimate of drug-likeness (QED) is 0.727. The van der Waals surface area contributed by atoms with E-state index in [4.69, 9.17) is 0 Å². The van der Waals surface area contributed by atoms with Gasteiger partial charge in [0, 0.05) is 6.04 Å². The number of benzene rings is 1. The number of rotatable bonds is 7. The molecule has 2 nitrogen and oxygen atoms in total. The van der Waals surface area contributed by atoms with Gasteiger partial charge in [-0.15, -0.1) is 6.58 Å². The molecule has 17 heavy (non-hydrogen) atoms. The number of hydrogen-bond acceptors (Lipinski definition) is 2. The lowest BCUT2D eigenvalue weighted by Gasteiger charge is -2.17. The smallest absolute Gasteiger partial charge is 0.387 e. The molecule has 0 aliphatic rings. The first-order chi connectivity index (χ1) is 8.13. The van der Waals surface area contributed by atoms with Gasteiger partial charge in [0.2, 0.25) is 0 Å². The third-order valence-electron chi connectivity index (χ3n) is 2.31. The molecule has 1 rings (SSSR count). The fourth-order valence-electron chi connectivity index (χ4n) is 1.49. The van der Waals surface area contributed by atoms with Crippen LogP contribution in [-0.2, 0) is 0 Å². The highest BCUT2D eigenvalue weighted by Crippen LogP contribution is 2.26. The van der Waals surface area contributed by atoms with Crippen molar-refractivity contribution in [2.45, 2.75) is 32.4 Å². The molecule has 1 aromatic rings. The van der Waals surface area contributed by atoms with E-state index in [-0.39, 0.29) is 11.8 Å². The molecule has 0 spiro atoms. The number of ether oxygens (including phenoxy) is 1. The van der Waals surface area contributed by atoms with Crippen molar-refractivity contribution in [1.82, 2.24) is 0 Å². The molecule has 1 atom stereocenters. The van der Waals surface area contributed by atoms with Crippen molar-refractivity contribution in [2.24, 2.45) is 0 Å². The molecule has 4 heteroatoms. The van der Waals surface area contributed by atoms with Gasteiger partial charge in [-0.25, -0.2) is 0 Å². The van der Waals surface area contributed by atoms with Crippen LogP contribution in [-0.4, -0.2) is 12.7 Å². The zero-order valence-corrected chi connectivity index (χ0v) is 9.83. The molecule has 1 N–H and O–H groups in total. The summed E-state index contributed by atoms with van der Waals surface area (Å²) in [5, 5.41) is 3.14. The number of anilines is 1. The van der Waals surface area contributed by atoms with E-state index in [1.807, 2.05) is 13.0 Å². The van der Waals surface area contributed by atoms with Crippen LogP contribution in [0, 0.1) is 0 Å². The van der Waals surface area contributed by atoms with Gasteiger partial charge in [-0.1, -0.05) is 18.2 Å². The van der Waals surface area contributed by atoms with Gasteiger partial charge in [0.25, 0.3) is 0 Å². The summed E-state index contributed by atoms with van der Waals surface area (Å²) in [5.41, 5.74) is 0.587. The molecule has 0 heterocycles. The van der Waals surface area contributed by atoms with Crippen molar-refractivity contribution >= 4 is 5.69 Å². The maximum absolute atomic E-state index is 12.2. The number of hydrogen-bond donors (Lipinski definition) is 1. The largest absolute Gasteiger partial charge is 0.433 e. The van der Waals surface area contributed by atoms with Crippen LogP contribution in [0.3, 0.4) is 0 Å². The summed E-state index contributed by atoms with van der Waals surface area (Å²) >= 11 is 0. The van der Waals surface area contributed by atoms with Crippen LogP contribution in [0.4, 0.5) is 14.5 Å². The molecule has 0 aliphatic carbocycles. The van der Waals surface area contributed by atoms with Gasteiger partial charge in [0.05, 0.1) is 5.69 Å². The van der Waals surface area contributed by atoms with E-state index in [1.165, 1.54) is 6.07 Å². The molecular formula is C13H17F2NO. The van der Waals surface area contributed by atoms with Crippen LogP contribution >= 0.6 is 0 Å². The van der Waals surface area contributed by atoms with Crippen molar-refractivity contribution < 1.29 is 13.5 Å². The molecule has 94 valence electrons. The Labute approximate surface area is 100 Å². The zero-order chi connectivity index (χ0) is 12.7. The minimum atomic E-state index is -2.80. The second-order valence-corrected chi connectivity index (χ2v) is 3.79. The Morgan fingerprint density at radius 3 is 2.76 bits per heavy atom. The van der Waals surface area contributed by atoms with Crippen LogP contribution in [0.1, 0.15) is 19.8 Å². The van der Waals surface area contributed by atoms with E-state index in [0.717, 1.165) is 12.8 Å². The minimum absolute atomic E-state index is 0.174. The monoisotopic (exact) mass is 241 g/mol. The Morgan fingerprint density at radius 2 is 2.12 bits per heavy atom. The van der Waals surface area contributed by atoms with Crippen LogP contribution in [0.25, 0.3) is 0 Å². The number of alkyl halides is 2. The normalized spacial score (nSPS) is 12.2. The van der Waals surface area contributed by atoms with Crippen molar-refractivity contribution in [3.8, 4) is 5.75 Å². The lowest BCUT2D eigenvalue weighted by atomic mass is 10.1. The zero-order valence-electron chi connectivity index (χ0n) is 9.83. The first kappa shape index (κ1) is 13.5. The van der Waals surface area contributed by atoms with Gasteiger partial charge < -0.3 is 10.1 Å². The van der Waals surface area contributed by atoms with E-state index in [2.05, 4.69) is 16.6 Å². The second kappa shape index (κ2) is 6.89. The number of para-hydroxylation sites is 2. The van der Waals surface area contributed by atoms with E-state index in [0.29, 0.717) is 5.69 Å². The van der Waals surface area contributed by atoms with Gasteiger partial charge in [0.1, 0.15) is 5.75 Å². The van der Waals surface area contributed by atoms with Crippen molar-refractivity contribution in [3.63, 3.8) is 0 Å². The maximum Gasteiger partial charge on any atom is 0.387 e. The molecule has 0 fully saturated rings. The molecule has 0 saturated heterocycles. The summed E-state index contributed by atoms with van der Waals surface area (Å²) in [6.45, 7) is 2.83. The number of allylic oxidation sites excluding steroid dienone is 1. The van der Waals surface area contributed by atoms with E-state index in [9.17, 15) is 8.78 Å². The van der Waals surface area contributed by atoms with Gasteiger partial charge in [0.15, 0.2) is 0 Å².